The van der Waals surface area contributed by atoms with Crippen molar-refractivity contribution in [2.45, 2.75) is 32.2 Å². The highest BCUT2D eigenvalue weighted by Crippen LogP contribution is 2.22. The second-order valence-corrected chi connectivity index (χ2v) is 9.22. The monoisotopic (exact) mass is 451 g/mol. The van der Waals surface area contributed by atoms with E-state index in [1.807, 2.05) is 37.3 Å². The van der Waals surface area contributed by atoms with Crippen LogP contribution in [0.1, 0.15) is 34.0 Å². The molecule has 8 heteroatoms. The minimum atomic E-state index is -3.80. The minimum absolute atomic E-state index is 0.0152. The van der Waals surface area contributed by atoms with E-state index in [1.165, 1.54) is 19.1 Å². The first-order valence-corrected chi connectivity index (χ1v) is 11.5. The smallest absolute Gasteiger partial charge is 0.255 e. The summed E-state index contributed by atoms with van der Waals surface area (Å²) in [4.78, 5) is 24.1. The summed E-state index contributed by atoms with van der Waals surface area (Å²) in [6, 6.07) is 18.8. The van der Waals surface area contributed by atoms with Crippen molar-refractivity contribution in [2.24, 2.45) is 0 Å². The average molecular weight is 452 g/mol. The van der Waals surface area contributed by atoms with Gasteiger partial charge < -0.3 is 10.6 Å². The molecule has 0 aliphatic heterocycles. The number of nitrogens with one attached hydrogen (secondary N) is 3. The van der Waals surface area contributed by atoms with Crippen molar-refractivity contribution >= 4 is 33.2 Å². The number of hydrogen-bond donors (Lipinski definition) is 3. The van der Waals surface area contributed by atoms with E-state index >= 15 is 0 Å². The fraction of sp³-hybridized carbons (Fsp3) is 0.167. The van der Waals surface area contributed by atoms with Crippen LogP contribution in [0.3, 0.4) is 0 Å². The van der Waals surface area contributed by atoms with E-state index in [-0.39, 0.29) is 22.9 Å². The van der Waals surface area contributed by atoms with Crippen LogP contribution in [-0.4, -0.2) is 20.2 Å². The summed E-state index contributed by atoms with van der Waals surface area (Å²) in [5.41, 5.74) is 3.73. The summed E-state index contributed by atoms with van der Waals surface area (Å²) in [6.07, 6.45) is 0. The van der Waals surface area contributed by atoms with Gasteiger partial charge in [0.05, 0.1) is 4.90 Å². The zero-order valence-electron chi connectivity index (χ0n) is 18.1. The van der Waals surface area contributed by atoms with Gasteiger partial charge in [0.15, 0.2) is 0 Å². The molecule has 0 radical (unpaired) electrons. The molecule has 0 atom stereocenters. The van der Waals surface area contributed by atoms with Crippen molar-refractivity contribution in [3.63, 3.8) is 0 Å². The molecule has 3 N–H and O–H groups in total. The van der Waals surface area contributed by atoms with Crippen LogP contribution in [0.4, 0.5) is 11.4 Å². The molecular formula is C24H25N3O4S. The third-order valence-electron chi connectivity index (χ3n) is 4.87. The van der Waals surface area contributed by atoms with Gasteiger partial charge in [0.1, 0.15) is 0 Å². The van der Waals surface area contributed by atoms with Gasteiger partial charge in [-0.25, -0.2) is 13.1 Å². The maximum atomic E-state index is 12.9. The quantitative estimate of drug-likeness (QED) is 0.505. The fourth-order valence-corrected chi connectivity index (χ4v) is 4.18. The summed E-state index contributed by atoms with van der Waals surface area (Å²) in [6.45, 7) is 5.14. The third kappa shape index (κ3) is 5.81. The van der Waals surface area contributed by atoms with E-state index in [0.29, 0.717) is 16.9 Å². The maximum Gasteiger partial charge on any atom is 0.255 e. The minimum Gasteiger partial charge on any atom is -0.326 e. The van der Waals surface area contributed by atoms with Crippen LogP contribution in [-0.2, 0) is 21.4 Å². The van der Waals surface area contributed by atoms with Crippen molar-refractivity contribution in [1.29, 1.82) is 0 Å². The molecule has 0 saturated heterocycles. The van der Waals surface area contributed by atoms with Crippen LogP contribution in [0.2, 0.25) is 0 Å². The van der Waals surface area contributed by atoms with Gasteiger partial charge in [0.2, 0.25) is 15.9 Å². The highest BCUT2D eigenvalue weighted by Gasteiger charge is 2.18. The van der Waals surface area contributed by atoms with Crippen LogP contribution >= 0.6 is 0 Å². The number of anilines is 2. The second kappa shape index (κ2) is 9.76. The third-order valence-corrected chi connectivity index (χ3v) is 6.27. The van der Waals surface area contributed by atoms with E-state index < -0.39 is 15.9 Å². The lowest BCUT2D eigenvalue weighted by Gasteiger charge is -2.13. The summed E-state index contributed by atoms with van der Waals surface area (Å²) in [7, 11) is -3.80. The van der Waals surface area contributed by atoms with Crippen molar-refractivity contribution in [3.05, 3.63) is 89.0 Å². The standard InChI is InChI=1S/C24H25N3O4S/c1-16-9-11-21(32(30,31)25-15-19-7-5-4-6-8-19)14-22(16)24(29)27-20-10-12-23(17(2)13-20)26-18(3)28/h4-14,25H,15H2,1-3H3,(H,26,28)(H,27,29). The molecular weight excluding hydrogens is 426 g/mol. The molecule has 0 aromatic heterocycles. The van der Waals surface area contributed by atoms with Gasteiger partial charge in [-0.15, -0.1) is 0 Å². The zero-order valence-corrected chi connectivity index (χ0v) is 18.9. The van der Waals surface area contributed by atoms with Gasteiger partial charge in [0.25, 0.3) is 5.91 Å². The Balaban J connectivity index is 1.78. The lowest BCUT2D eigenvalue weighted by Crippen LogP contribution is -2.24. The van der Waals surface area contributed by atoms with E-state index in [4.69, 9.17) is 0 Å². The van der Waals surface area contributed by atoms with Crippen LogP contribution < -0.4 is 15.4 Å². The molecule has 0 fully saturated rings. The Bertz CT molecular complexity index is 1260. The number of rotatable bonds is 7. The molecule has 0 unspecified atom stereocenters. The summed E-state index contributed by atoms with van der Waals surface area (Å²) >= 11 is 0. The molecule has 0 aliphatic carbocycles. The number of hydrogen-bond acceptors (Lipinski definition) is 4. The predicted molar refractivity (Wildman–Crippen MR) is 125 cm³/mol. The van der Waals surface area contributed by atoms with Gasteiger partial charge in [-0.1, -0.05) is 36.4 Å². The normalized spacial score (nSPS) is 11.1. The first kappa shape index (κ1) is 23.2. The van der Waals surface area contributed by atoms with E-state index in [1.54, 1.807) is 31.2 Å². The number of aryl methyl sites for hydroxylation is 2. The predicted octanol–water partition coefficient (Wildman–Crippen LogP) is 3.99. The van der Waals surface area contributed by atoms with Crippen LogP contribution in [0.15, 0.2) is 71.6 Å². The number of carbonyl (C=O) groups excluding carboxylic acids is 2. The number of sulfonamides is 1. The number of carbonyl (C=O) groups is 2. The molecule has 0 aliphatic rings. The second-order valence-electron chi connectivity index (χ2n) is 7.45. The van der Waals surface area contributed by atoms with E-state index in [0.717, 1.165) is 11.1 Å². The van der Waals surface area contributed by atoms with Gasteiger partial charge >= 0.3 is 0 Å². The van der Waals surface area contributed by atoms with Crippen LogP contribution in [0.25, 0.3) is 0 Å². The Kier molecular flexibility index (Phi) is 7.07. The Morgan fingerprint density at radius 2 is 1.56 bits per heavy atom. The van der Waals surface area contributed by atoms with Crippen molar-refractivity contribution in [2.75, 3.05) is 10.6 Å². The SMILES string of the molecule is CC(=O)Nc1ccc(NC(=O)c2cc(S(=O)(=O)NCc3ccccc3)ccc2C)cc1C. The van der Waals surface area contributed by atoms with Crippen LogP contribution in [0.5, 0.6) is 0 Å². The molecule has 3 aromatic carbocycles. The van der Waals surface area contributed by atoms with Crippen LogP contribution in [0, 0.1) is 13.8 Å². The maximum absolute atomic E-state index is 12.9. The zero-order chi connectivity index (χ0) is 23.3. The largest absolute Gasteiger partial charge is 0.326 e. The molecule has 0 saturated carbocycles. The molecule has 32 heavy (non-hydrogen) atoms. The van der Waals surface area contributed by atoms with Crippen molar-refractivity contribution in [3.8, 4) is 0 Å². The highest BCUT2D eigenvalue weighted by molar-refractivity contribution is 7.89. The molecule has 3 aromatic rings. The topological polar surface area (TPSA) is 104 Å². The summed E-state index contributed by atoms with van der Waals surface area (Å²) in [5.74, 6) is -0.603. The first-order valence-electron chi connectivity index (χ1n) is 9.99. The summed E-state index contributed by atoms with van der Waals surface area (Å²) < 4.78 is 28.0. The Hall–Kier alpha value is -3.49. The van der Waals surface area contributed by atoms with Crippen molar-refractivity contribution in [1.82, 2.24) is 4.72 Å². The van der Waals surface area contributed by atoms with Gasteiger partial charge in [-0.05, 0) is 60.9 Å². The number of amides is 2. The van der Waals surface area contributed by atoms with Crippen molar-refractivity contribution < 1.29 is 18.0 Å². The Morgan fingerprint density at radius 1 is 0.844 bits per heavy atom. The van der Waals surface area contributed by atoms with E-state index in [9.17, 15) is 18.0 Å². The molecule has 2 amide bonds. The Morgan fingerprint density at radius 3 is 2.22 bits per heavy atom. The molecule has 3 rings (SSSR count). The molecule has 0 heterocycles. The molecule has 166 valence electrons. The lowest BCUT2D eigenvalue weighted by atomic mass is 10.1. The molecule has 0 bridgehead atoms. The van der Waals surface area contributed by atoms with Gasteiger partial charge in [-0.2, -0.15) is 0 Å². The van der Waals surface area contributed by atoms with Gasteiger partial charge in [-0.3, -0.25) is 9.59 Å². The lowest BCUT2D eigenvalue weighted by molar-refractivity contribution is -0.114. The molecule has 0 spiro atoms. The molecule has 7 nitrogen and oxygen atoms in total. The van der Waals surface area contributed by atoms with Gasteiger partial charge in [0, 0.05) is 30.4 Å². The highest BCUT2D eigenvalue weighted by atomic mass is 32.2. The fourth-order valence-electron chi connectivity index (χ4n) is 3.14. The Labute approximate surface area is 187 Å². The van der Waals surface area contributed by atoms with E-state index in [2.05, 4.69) is 15.4 Å². The summed E-state index contributed by atoms with van der Waals surface area (Å²) in [5, 5.41) is 5.51. The number of benzene rings is 3. The average Bonchev–Trinajstić information content (AvgIpc) is 2.75. The first-order chi connectivity index (χ1) is 15.2.